The largest absolute Gasteiger partial charge is 0.506 e. The zero-order valence-electron chi connectivity index (χ0n) is 8.99. The molecule has 0 heterocycles. The summed E-state index contributed by atoms with van der Waals surface area (Å²) in [5.41, 5.74) is 5.31. The Balaban J connectivity index is 2.79. The van der Waals surface area contributed by atoms with Crippen molar-refractivity contribution in [3.05, 3.63) is 35.9 Å². The van der Waals surface area contributed by atoms with Crippen molar-refractivity contribution in [3.63, 3.8) is 0 Å². The first-order valence-electron chi connectivity index (χ1n) is 4.83. The number of phenols is 1. The molecular formula is C11H9NO5S. The standard InChI is InChI=1S/C11H9NO5S/c12-11(14)7-2-1-6-4-9(13)10(18(15,16)17)5-8(6)3-7/h1-5,13H,(H2,12,14)(H,15,16,17). The van der Waals surface area contributed by atoms with Gasteiger partial charge in [-0.15, -0.1) is 0 Å². The second kappa shape index (κ2) is 3.97. The maximum atomic E-state index is 11.0. The van der Waals surface area contributed by atoms with Crippen LogP contribution in [0, 0.1) is 0 Å². The molecule has 0 aliphatic heterocycles. The van der Waals surface area contributed by atoms with Crippen LogP contribution in [0.3, 0.4) is 0 Å². The summed E-state index contributed by atoms with van der Waals surface area (Å²) < 4.78 is 31.0. The quantitative estimate of drug-likeness (QED) is 0.698. The molecule has 2 rings (SSSR count). The molecule has 2 aromatic carbocycles. The second-order valence-electron chi connectivity index (χ2n) is 3.72. The SMILES string of the molecule is NC(=O)c1ccc2cc(O)c(S(=O)(=O)O)cc2c1. The van der Waals surface area contributed by atoms with E-state index in [0.29, 0.717) is 10.8 Å². The number of rotatable bonds is 2. The predicted octanol–water partition coefficient (Wildman–Crippen LogP) is 0.891. The highest BCUT2D eigenvalue weighted by Crippen LogP contribution is 2.29. The van der Waals surface area contributed by atoms with E-state index in [2.05, 4.69) is 0 Å². The van der Waals surface area contributed by atoms with Crippen molar-refractivity contribution in [2.75, 3.05) is 0 Å². The molecule has 0 aliphatic carbocycles. The van der Waals surface area contributed by atoms with Crippen LogP contribution in [0.4, 0.5) is 0 Å². The average molecular weight is 267 g/mol. The second-order valence-corrected chi connectivity index (χ2v) is 5.11. The Labute approximate surface area is 102 Å². The minimum absolute atomic E-state index is 0.203. The van der Waals surface area contributed by atoms with Crippen LogP contribution < -0.4 is 5.73 Å². The highest BCUT2D eigenvalue weighted by Gasteiger charge is 2.16. The van der Waals surface area contributed by atoms with Gasteiger partial charge in [0, 0.05) is 5.56 Å². The van der Waals surface area contributed by atoms with Gasteiger partial charge in [0.1, 0.15) is 10.6 Å². The lowest BCUT2D eigenvalue weighted by Gasteiger charge is -2.05. The minimum atomic E-state index is -4.52. The fraction of sp³-hybridized carbons (Fsp3) is 0. The third-order valence-corrected chi connectivity index (χ3v) is 3.36. The summed E-state index contributed by atoms with van der Waals surface area (Å²) in [6.07, 6.45) is 0. The van der Waals surface area contributed by atoms with E-state index in [1.165, 1.54) is 24.3 Å². The number of benzene rings is 2. The van der Waals surface area contributed by atoms with Crippen molar-refractivity contribution >= 4 is 26.8 Å². The number of hydrogen-bond acceptors (Lipinski definition) is 4. The monoisotopic (exact) mass is 267 g/mol. The van der Waals surface area contributed by atoms with E-state index in [0.717, 1.165) is 6.07 Å². The summed E-state index contributed by atoms with van der Waals surface area (Å²) in [6, 6.07) is 6.61. The predicted molar refractivity (Wildman–Crippen MR) is 63.9 cm³/mol. The fourth-order valence-corrected chi connectivity index (χ4v) is 2.22. The number of primary amides is 1. The molecule has 7 heteroatoms. The van der Waals surface area contributed by atoms with Crippen LogP contribution in [-0.4, -0.2) is 24.0 Å². The molecule has 0 aromatic heterocycles. The third-order valence-electron chi connectivity index (χ3n) is 2.48. The minimum Gasteiger partial charge on any atom is -0.506 e. The molecule has 0 atom stereocenters. The van der Waals surface area contributed by atoms with Crippen molar-refractivity contribution in [1.29, 1.82) is 0 Å². The van der Waals surface area contributed by atoms with Crippen molar-refractivity contribution in [3.8, 4) is 5.75 Å². The molecule has 0 aliphatic rings. The first-order valence-corrected chi connectivity index (χ1v) is 6.27. The molecule has 0 fully saturated rings. The number of carbonyl (C=O) groups excluding carboxylic acids is 1. The summed E-state index contributed by atoms with van der Waals surface area (Å²) in [6.45, 7) is 0. The van der Waals surface area contributed by atoms with Crippen LogP contribution in [0.2, 0.25) is 0 Å². The number of phenolic OH excluding ortho intramolecular Hbond substituents is 1. The number of amides is 1. The van der Waals surface area contributed by atoms with Gasteiger partial charge in [-0.25, -0.2) is 0 Å². The molecule has 0 saturated heterocycles. The van der Waals surface area contributed by atoms with Gasteiger partial charge in [0.25, 0.3) is 10.1 Å². The topological polar surface area (TPSA) is 118 Å². The van der Waals surface area contributed by atoms with Crippen molar-refractivity contribution in [2.24, 2.45) is 5.73 Å². The van der Waals surface area contributed by atoms with Gasteiger partial charge in [0.15, 0.2) is 0 Å². The normalized spacial score (nSPS) is 11.6. The first kappa shape index (κ1) is 12.3. The maximum absolute atomic E-state index is 11.0. The lowest BCUT2D eigenvalue weighted by atomic mass is 10.1. The van der Waals surface area contributed by atoms with E-state index in [4.69, 9.17) is 10.3 Å². The van der Waals surface area contributed by atoms with Gasteiger partial charge in [-0.2, -0.15) is 8.42 Å². The van der Waals surface area contributed by atoms with Crippen molar-refractivity contribution in [1.82, 2.24) is 0 Å². The molecule has 94 valence electrons. The smallest absolute Gasteiger partial charge is 0.298 e. The van der Waals surface area contributed by atoms with Gasteiger partial charge < -0.3 is 10.8 Å². The average Bonchev–Trinajstić information content (AvgIpc) is 2.25. The highest BCUT2D eigenvalue weighted by molar-refractivity contribution is 7.86. The van der Waals surface area contributed by atoms with E-state index < -0.39 is 26.7 Å². The van der Waals surface area contributed by atoms with Crippen LogP contribution in [0.5, 0.6) is 5.75 Å². The van der Waals surface area contributed by atoms with Crippen molar-refractivity contribution in [2.45, 2.75) is 4.90 Å². The molecule has 18 heavy (non-hydrogen) atoms. The number of carbonyl (C=O) groups is 1. The van der Waals surface area contributed by atoms with E-state index in [9.17, 15) is 18.3 Å². The molecule has 0 radical (unpaired) electrons. The first-order chi connectivity index (χ1) is 8.29. The van der Waals surface area contributed by atoms with Crippen LogP contribution >= 0.6 is 0 Å². The summed E-state index contributed by atoms with van der Waals surface area (Å²) >= 11 is 0. The van der Waals surface area contributed by atoms with Crippen LogP contribution in [0.25, 0.3) is 10.8 Å². The molecule has 4 N–H and O–H groups in total. The Kier molecular flexibility index (Phi) is 2.72. The lowest BCUT2D eigenvalue weighted by Crippen LogP contribution is -2.10. The Morgan fingerprint density at radius 3 is 2.33 bits per heavy atom. The summed E-state index contributed by atoms with van der Waals surface area (Å²) in [7, 11) is -4.52. The van der Waals surface area contributed by atoms with Crippen LogP contribution in [0.1, 0.15) is 10.4 Å². The van der Waals surface area contributed by atoms with Gasteiger partial charge in [-0.3, -0.25) is 9.35 Å². The molecular weight excluding hydrogens is 258 g/mol. The summed E-state index contributed by atoms with van der Waals surface area (Å²) in [5, 5.41) is 10.4. The van der Waals surface area contributed by atoms with E-state index >= 15 is 0 Å². The zero-order valence-corrected chi connectivity index (χ0v) is 9.81. The van der Waals surface area contributed by atoms with E-state index in [1.807, 2.05) is 0 Å². The van der Waals surface area contributed by atoms with E-state index in [-0.39, 0.29) is 5.56 Å². The zero-order chi connectivity index (χ0) is 13.5. The number of nitrogens with two attached hydrogens (primary N) is 1. The number of fused-ring (bicyclic) bond motifs is 1. The molecule has 6 nitrogen and oxygen atoms in total. The Hall–Kier alpha value is -2.12. The third kappa shape index (κ3) is 2.13. The Morgan fingerprint density at radius 2 is 1.78 bits per heavy atom. The Bertz CT molecular complexity index is 751. The Morgan fingerprint density at radius 1 is 1.11 bits per heavy atom. The summed E-state index contributed by atoms with van der Waals surface area (Å²) in [5.74, 6) is -1.21. The molecule has 0 unspecified atom stereocenters. The maximum Gasteiger partial charge on any atom is 0.298 e. The van der Waals surface area contributed by atoms with Gasteiger partial charge in [-0.1, -0.05) is 6.07 Å². The summed E-state index contributed by atoms with van der Waals surface area (Å²) in [4.78, 5) is 10.4. The number of hydrogen-bond donors (Lipinski definition) is 3. The molecule has 0 bridgehead atoms. The van der Waals surface area contributed by atoms with Crippen LogP contribution in [0.15, 0.2) is 35.2 Å². The molecule has 0 spiro atoms. The van der Waals surface area contributed by atoms with Gasteiger partial charge in [0.2, 0.25) is 5.91 Å². The van der Waals surface area contributed by atoms with Crippen LogP contribution in [-0.2, 0) is 10.1 Å². The molecule has 1 amide bonds. The number of aromatic hydroxyl groups is 1. The highest BCUT2D eigenvalue weighted by atomic mass is 32.2. The van der Waals surface area contributed by atoms with Gasteiger partial charge >= 0.3 is 0 Å². The lowest BCUT2D eigenvalue weighted by molar-refractivity contribution is 0.100. The molecule has 2 aromatic rings. The van der Waals surface area contributed by atoms with Gasteiger partial charge in [0.05, 0.1) is 0 Å². The fourth-order valence-electron chi connectivity index (χ4n) is 1.62. The van der Waals surface area contributed by atoms with Gasteiger partial charge in [-0.05, 0) is 35.0 Å². The molecule has 0 saturated carbocycles. The van der Waals surface area contributed by atoms with Crippen molar-refractivity contribution < 1.29 is 22.9 Å². The van der Waals surface area contributed by atoms with E-state index in [1.54, 1.807) is 0 Å².